The molecule has 242 valence electrons. The number of anilines is 1. The van der Waals surface area contributed by atoms with Crippen LogP contribution in [0.1, 0.15) is 31.9 Å². The van der Waals surface area contributed by atoms with Crippen LogP contribution in [0.25, 0.3) is 0 Å². The summed E-state index contributed by atoms with van der Waals surface area (Å²) >= 11 is 6.12. The van der Waals surface area contributed by atoms with Crippen molar-refractivity contribution in [2.45, 2.75) is 50.7 Å². The van der Waals surface area contributed by atoms with Crippen LogP contribution in [0.5, 0.6) is 5.75 Å². The van der Waals surface area contributed by atoms with E-state index in [2.05, 4.69) is 5.32 Å². The van der Waals surface area contributed by atoms with Crippen molar-refractivity contribution in [1.82, 2.24) is 10.2 Å². The van der Waals surface area contributed by atoms with Crippen LogP contribution in [0, 0.1) is 5.82 Å². The lowest BCUT2D eigenvalue weighted by molar-refractivity contribution is -0.140. The molecule has 0 spiro atoms. The summed E-state index contributed by atoms with van der Waals surface area (Å²) in [4.78, 5) is 29.4. The summed E-state index contributed by atoms with van der Waals surface area (Å²) in [5, 5.41) is 3.43. The average Bonchev–Trinajstić information content (AvgIpc) is 3.03. The third-order valence-electron chi connectivity index (χ3n) is 7.08. The van der Waals surface area contributed by atoms with Crippen molar-refractivity contribution in [3.8, 4) is 5.75 Å². The van der Waals surface area contributed by atoms with E-state index in [9.17, 15) is 22.4 Å². The maximum absolute atomic E-state index is 14.5. The average molecular weight is 666 g/mol. The first kappa shape index (κ1) is 34.5. The van der Waals surface area contributed by atoms with Gasteiger partial charge in [-0.3, -0.25) is 13.9 Å². The Morgan fingerprint density at radius 2 is 1.50 bits per heavy atom. The zero-order valence-electron chi connectivity index (χ0n) is 25.9. The number of hydrogen-bond donors (Lipinski definition) is 1. The Bertz CT molecular complexity index is 1700. The molecule has 0 unspecified atom stereocenters. The number of rotatable bonds is 14. The monoisotopic (exact) mass is 665 g/mol. The van der Waals surface area contributed by atoms with Crippen molar-refractivity contribution in [3.63, 3.8) is 0 Å². The molecule has 0 saturated heterocycles. The normalized spacial score (nSPS) is 12.0. The van der Waals surface area contributed by atoms with Gasteiger partial charge in [0.05, 0.1) is 17.2 Å². The molecular weight excluding hydrogens is 629 g/mol. The van der Waals surface area contributed by atoms with Gasteiger partial charge < -0.3 is 15.0 Å². The van der Waals surface area contributed by atoms with E-state index in [1.54, 1.807) is 36.4 Å². The number of halogens is 2. The van der Waals surface area contributed by atoms with Crippen molar-refractivity contribution in [3.05, 3.63) is 125 Å². The second kappa shape index (κ2) is 15.7. The first-order valence-electron chi connectivity index (χ1n) is 14.9. The Morgan fingerprint density at radius 1 is 0.870 bits per heavy atom. The number of nitrogens with one attached hydrogen (secondary N) is 1. The molecule has 8 nitrogen and oxygen atoms in total. The van der Waals surface area contributed by atoms with Crippen LogP contribution in [0.15, 0.2) is 108 Å². The summed E-state index contributed by atoms with van der Waals surface area (Å²) in [7, 11) is -4.37. The minimum Gasteiger partial charge on any atom is -0.494 e. The lowest BCUT2D eigenvalue weighted by atomic mass is 10.0. The Labute approximate surface area is 274 Å². The summed E-state index contributed by atoms with van der Waals surface area (Å²) in [6.45, 7) is 5.26. The van der Waals surface area contributed by atoms with Crippen molar-refractivity contribution >= 4 is 39.1 Å². The third kappa shape index (κ3) is 9.08. The summed E-state index contributed by atoms with van der Waals surface area (Å²) in [6.07, 6.45) is 0.187. The van der Waals surface area contributed by atoms with E-state index in [4.69, 9.17) is 16.3 Å². The topological polar surface area (TPSA) is 96.0 Å². The number of ether oxygens (including phenoxy) is 1. The van der Waals surface area contributed by atoms with Crippen LogP contribution in [0.2, 0.25) is 5.02 Å². The molecule has 4 aromatic carbocycles. The molecule has 0 heterocycles. The fraction of sp³-hybridized carbons (Fsp3) is 0.257. The van der Waals surface area contributed by atoms with E-state index in [1.165, 1.54) is 17.0 Å². The SMILES string of the molecule is CCOc1ccc(N(CC(=O)N(Cc2ccc(Cl)cc2)[C@@H](Cc2ccccc2)C(=O)NC(C)C)S(=O)(=O)c2ccc(F)cc2)cc1. The van der Waals surface area contributed by atoms with Crippen LogP contribution < -0.4 is 14.4 Å². The molecule has 0 aromatic heterocycles. The quantitative estimate of drug-likeness (QED) is 0.172. The highest BCUT2D eigenvalue weighted by atomic mass is 35.5. The van der Waals surface area contributed by atoms with Gasteiger partial charge in [-0.05, 0) is 92.6 Å². The van der Waals surface area contributed by atoms with E-state index in [0.29, 0.717) is 22.9 Å². The molecule has 0 fully saturated rings. The van der Waals surface area contributed by atoms with E-state index in [0.717, 1.165) is 34.1 Å². The molecule has 0 saturated carbocycles. The Balaban J connectivity index is 1.80. The number of amides is 2. The number of carbonyl (C=O) groups is 2. The number of nitrogens with zero attached hydrogens (tertiary/aromatic N) is 2. The van der Waals surface area contributed by atoms with Crippen LogP contribution in [0.4, 0.5) is 10.1 Å². The Kier molecular flexibility index (Phi) is 11.8. The van der Waals surface area contributed by atoms with Crippen LogP contribution in [0.3, 0.4) is 0 Å². The summed E-state index contributed by atoms with van der Waals surface area (Å²) in [6, 6.07) is 25.7. The zero-order chi connectivity index (χ0) is 33.3. The molecule has 0 aliphatic carbocycles. The number of carbonyl (C=O) groups excluding carboxylic acids is 2. The van der Waals surface area contributed by atoms with Gasteiger partial charge in [0.15, 0.2) is 0 Å². The van der Waals surface area contributed by atoms with Crippen molar-refractivity contribution in [1.29, 1.82) is 0 Å². The van der Waals surface area contributed by atoms with Crippen molar-refractivity contribution in [2.24, 2.45) is 0 Å². The maximum atomic E-state index is 14.5. The summed E-state index contributed by atoms with van der Waals surface area (Å²) in [5.41, 5.74) is 1.71. The van der Waals surface area contributed by atoms with Gasteiger partial charge in [0.1, 0.15) is 24.2 Å². The van der Waals surface area contributed by atoms with E-state index in [1.807, 2.05) is 51.1 Å². The van der Waals surface area contributed by atoms with E-state index < -0.39 is 34.3 Å². The van der Waals surface area contributed by atoms with E-state index >= 15 is 0 Å². The zero-order valence-corrected chi connectivity index (χ0v) is 27.5. The first-order valence-corrected chi connectivity index (χ1v) is 16.7. The van der Waals surface area contributed by atoms with Gasteiger partial charge in [-0.15, -0.1) is 0 Å². The highest BCUT2D eigenvalue weighted by Gasteiger charge is 2.35. The third-order valence-corrected chi connectivity index (χ3v) is 9.12. The molecule has 4 rings (SSSR count). The molecule has 46 heavy (non-hydrogen) atoms. The minimum atomic E-state index is -4.37. The maximum Gasteiger partial charge on any atom is 0.264 e. The van der Waals surface area contributed by atoms with Crippen molar-refractivity contribution in [2.75, 3.05) is 17.5 Å². The second-order valence-electron chi connectivity index (χ2n) is 10.9. The van der Waals surface area contributed by atoms with Crippen LogP contribution in [-0.2, 0) is 32.6 Å². The predicted octanol–water partition coefficient (Wildman–Crippen LogP) is 6.24. The van der Waals surface area contributed by atoms with Crippen LogP contribution in [-0.4, -0.2) is 50.4 Å². The molecule has 0 bridgehead atoms. The molecule has 0 radical (unpaired) electrons. The minimum absolute atomic E-state index is 0.00668. The summed E-state index contributed by atoms with van der Waals surface area (Å²) in [5.74, 6) is -1.07. The lowest BCUT2D eigenvalue weighted by Crippen LogP contribution is -2.54. The Hall–Kier alpha value is -4.41. The smallest absolute Gasteiger partial charge is 0.264 e. The first-order chi connectivity index (χ1) is 22.0. The molecule has 0 aliphatic rings. The molecule has 1 N–H and O–H groups in total. The van der Waals surface area contributed by atoms with Gasteiger partial charge in [0.25, 0.3) is 10.0 Å². The summed E-state index contributed by atoms with van der Waals surface area (Å²) < 4.78 is 48.4. The second-order valence-corrected chi connectivity index (χ2v) is 13.2. The van der Waals surface area contributed by atoms with Gasteiger partial charge in [0, 0.05) is 24.0 Å². The number of hydrogen-bond acceptors (Lipinski definition) is 5. The fourth-order valence-corrected chi connectivity index (χ4v) is 6.40. The van der Waals surface area contributed by atoms with Gasteiger partial charge in [0.2, 0.25) is 11.8 Å². The molecule has 11 heteroatoms. The van der Waals surface area contributed by atoms with Gasteiger partial charge in [-0.2, -0.15) is 0 Å². The van der Waals surface area contributed by atoms with Gasteiger partial charge in [-0.25, -0.2) is 12.8 Å². The number of benzene rings is 4. The number of sulfonamides is 1. The largest absolute Gasteiger partial charge is 0.494 e. The van der Waals surface area contributed by atoms with Crippen molar-refractivity contribution < 1.29 is 27.1 Å². The molecule has 4 aromatic rings. The highest BCUT2D eigenvalue weighted by Crippen LogP contribution is 2.27. The van der Waals surface area contributed by atoms with Gasteiger partial charge in [-0.1, -0.05) is 54.1 Å². The fourth-order valence-electron chi connectivity index (χ4n) is 4.86. The molecular formula is C35H37ClFN3O5S. The van der Waals surface area contributed by atoms with E-state index in [-0.39, 0.29) is 35.5 Å². The van der Waals surface area contributed by atoms with Gasteiger partial charge >= 0.3 is 0 Å². The highest BCUT2D eigenvalue weighted by molar-refractivity contribution is 7.92. The predicted molar refractivity (Wildman–Crippen MR) is 178 cm³/mol. The van der Waals surface area contributed by atoms with Crippen LogP contribution >= 0.6 is 11.6 Å². The lowest BCUT2D eigenvalue weighted by Gasteiger charge is -2.34. The molecule has 2 amide bonds. The molecule has 1 atom stereocenters. The molecule has 0 aliphatic heterocycles. The Morgan fingerprint density at radius 3 is 2.09 bits per heavy atom. The standard InChI is InChI=1S/C35H37ClFN3O5S/c1-4-45-31-18-16-30(17-19-31)40(46(43,44)32-20-14-29(37)15-21-32)24-34(41)39(23-27-10-12-28(36)13-11-27)33(35(42)38-25(2)3)22-26-8-6-5-7-9-26/h5-21,25,33H,4,22-24H2,1-3H3,(H,38,42)/t33-/m0/s1.